The van der Waals surface area contributed by atoms with Crippen molar-refractivity contribution >= 4 is 16.5 Å². The summed E-state index contributed by atoms with van der Waals surface area (Å²) in [5.41, 5.74) is 2.33. The lowest BCUT2D eigenvalue weighted by molar-refractivity contribution is 0.261. The van der Waals surface area contributed by atoms with Crippen LogP contribution in [-0.2, 0) is 16.6 Å². The summed E-state index contributed by atoms with van der Waals surface area (Å²) in [4.78, 5) is 0. The van der Waals surface area contributed by atoms with Gasteiger partial charge in [-0.2, -0.15) is 0 Å². The molecule has 3 heteroatoms. The van der Waals surface area contributed by atoms with E-state index in [1.807, 2.05) is 0 Å². The van der Waals surface area contributed by atoms with Crippen molar-refractivity contribution in [1.29, 1.82) is 0 Å². The molecule has 19 heavy (non-hydrogen) atoms. The Labute approximate surface area is 119 Å². The van der Waals surface area contributed by atoms with Crippen LogP contribution in [0.25, 0.3) is 0 Å². The van der Waals surface area contributed by atoms with Gasteiger partial charge in [0.25, 0.3) is 0 Å². The van der Waals surface area contributed by atoms with Crippen LogP contribution in [0.15, 0.2) is 24.3 Å². The van der Waals surface area contributed by atoms with Gasteiger partial charge in [0, 0.05) is 34.5 Å². The average Bonchev–Trinajstić information content (AvgIpc) is 2.33. The fraction of sp³-hybridized carbons (Fsp3) is 0.625. The molecule has 0 heterocycles. The van der Waals surface area contributed by atoms with E-state index in [1.54, 1.807) is 6.26 Å². The van der Waals surface area contributed by atoms with Gasteiger partial charge in [0.2, 0.25) is 0 Å². The first-order valence-electron chi connectivity index (χ1n) is 7.20. The molecular formula is C16H25NOS. The number of hydrogen-bond donors (Lipinski definition) is 1. The van der Waals surface area contributed by atoms with Gasteiger partial charge in [0.05, 0.1) is 0 Å². The Morgan fingerprint density at radius 3 is 2.74 bits per heavy atom. The summed E-state index contributed by atoms with van der Waals surface area (Å²) in [6.07, 6.45) is 5.59. The lowest BCUT2D eigenvalue weighted by Crippen LogP contribution is -2.30. The fourth-order valence-electron chi connectivity index (χ4n) is 2.90. The second-order valence-corrected chi connectivity index (χ2v) is 7.46. The van der Waals surface area contributed by atoms with E-state index in [4.69, 9.17) is 0 Å². The summed E-state index contributed by atoms with van der Waals surface area (Å²) < 4.78 is 11.3. The summed E-state index contributed by atoms with van der Waals surface area (Å²) in [6.45, 7) is 4.72. The van der Waals surface area contributed by atoms with Crippen LogP contribution in [0.4, 0.5) is 5.69 Å². The Kier molecular flexibility index (Phi) is 5.03. The number of nitrogens with one attached hydrogen (secondary N) is 1. The average molecular weight is 279 g/mol. The molecule has 1 aromatic carbocycles. The summed E-state index contributed by atoms with van der Waals surface area (Å²) in [6, 6.07) is 8.96. The molecule has 0 saturated heterocycles. The van der Waals surface area contributed by atoms with Crippen LogP contribution in [0.2, 0.25) is 0 Å². The molecule has 0 radical (unpaired) electrons. The molecular weight excluding hydrogens is 254 g/mol. The maximum absolute atomic E-state index is 11.3. The molecule has 0 aliphatic heterocycles. The number of rotatable bonds is 4. The van der Waals surface area contributed by atoms with Crippen LogP contribution < -0.4 is 5.32 Å². The molecule has 4 atom stereocenters. The minimum Gasteiger partial charge on any atom is -0.382 e. The van der Waals surface area contributed by atoms with Crippen LogP contribution in [0.3, 0.4) is 0 Å². The van der Waals surface area contributed by atoms with E-state index in [0.717, 1.165) is 17.4 Å². The van der Waals surface area contributed by atoms with Crippen molar-refractivity contribution in [2.24, 2.45) is 11.8 Å². The first kappa shape index (κ1) is 14.6. The first-order chi connectivity index (χ1) is 9.04. The van der Waals surface area contributed by atoms with Crippen molar-refractivity contribution in [3.05, 3.63) is 29.8 Å². The van der Waals surface area contributed by atoms with Crippen molar-refractivity contribution in [3.63, 3.8) is 0 Å². The van der Waals surface area contributed by atoms with E-state index in [2.05, 4.69) is 43.4 Å². The molecule has 0 aromatic heterocycles. The smallest absolute Gasteiger partial charge is 0.0483 e. The number of anilines is 1. The molecule has 106 valence electrons. The van der Waals surface area contributed by atoms with E-state index in [9.17, 15) is 4.21 Å². The van der Waals surface area contributed by atoms with Crippen molar-refractivity contribution in [3.8, 4) is 0 Å². The second kappa shape index (κ2) is 6.56. The predicted molar refractivity (Wildman–Crippen MR) is 83.8 cm³/mol. The van der Waals surface area contributed by atoms with Gasteiger partial charge in [-0.1, -0.05) is 26.0 Å². The second-order valence-electron chi connectivity index (χ2n) is 6.03. The van der Waals surface area contributed by atoms with E-state index >= 15 is 0 Å². The van der Waals surface area contributed by atoms with Crippen molar-refractivity contribution in [2.75, 3.05) is 11.6 Å². The first-order valence-corrected chi connectivity index (χ1v) is 8.93. The van der Waals surface area contributed by atoms with Gasteiger partial charge in [-0.3, -0.25) is 4.21 Å². The highest BCUT2D eigenvalue weighted by Gasteiger charge is 2.24. The quantitative estimate of drug-likeness (QED) is 0.908. The van der Waals surface area contributed by atoms with Gasteiger partial charge in [-0.15, -0.1) is 0 Å². The molecule has 0 bridgehead atoms. The molecule has 0 amide bonds. The van der Waals surface area contributed by atoms with Gasteiger partial charge in [-0.05, 0) is 48.8 Å². The zero-order valence-corrected chi connectivity index (χ0v) is 13.0. The zero-order valence-electron chi connectivity index (χ0n) is 12.2. The molecule has 1 aliphatic carbocycles. The topological polar surface area (TPSA) is 29.1 Å². The minimum absolute atomic E-state index is 0.591. The highest BCUT2D eigenvalue weighted by Crippen LogP contribution is 2.31. The van der Waals surface area contributed by atoms with Gasteiger partial charge >= 0.3 is 0 Å². The Morgan fingerprint density at radius 2 is 2.05 bits per heavy atom. The maximum Gasteiger partial charge on any atom is 0.0483 e. The number of benzene rings is 1. The Morgan fingerprint density at radius 1 is 1.26 bits per heavy atom. The van der Waals surface area contributed by atoms with Gasteiger partial charge in [0.1, 0.15) is 0 Å². The zero-order chi connectivity index (χ0) is 13.8. The summed E-state index contributed by atoms with van der Waals surface area (Å²) in [5.74, 6) is 2.30. The van der Waals surface area contributed by atoms with Gasteiger partial charge in [0.15, 0.2) is 0 Å². The van der Waals surface area contributed by atoms with E-state index in [1.165, 1.54) is 24.9 Å². The highest BCUT2D eigenvalue weighted by atomic mass is 32.2. The van der Waals surface area contributed by atoms with Gasteiger partial charge in [-0.25, -0.2) is 0 Å². The monoisotopic (exact) mass is 279 g/mol. The maximum atomic E-state index is 11.3. The molecule has 1 aliphatic rings. The van der Waals surface area contributed by atoms with Gasteiger partial charge < -0.3 is 5.32 Å². The third-order valence-electron chi connectivity index (χ3n) is 4.27. The van der Waals surface area contributed by atoms with Crippen LogP contribution >= 0.6 is 0 Å². The molecule has 0 unspecified atom stereocenters. The van der Waals surface area contributed by atoms with E-state index < -0.39 is 10.8 Å². The van der Waals surface area contributed by atoms with Crippen LogP contribution in [0, 0.1) is 11.8 Å². The van der Waals surface area contributed by atoms with Crippen molar-refractivity contribution in [1.82, 2.24) is 0 Å². The predicted octanol–water partition coefficient (Wildman–Crippen LogP) is 3.80. The molecule has 2 rings (SSSR count). The lowest BCUT2D eigenvalue weighted by atomic mass is 9.79. The van der Waals surface area contributed by atoms with E-state index in [0.29, 0.717) is 11.8 Å². The molecule has 1 aromatic rings. The van der Waals surface area contributed by atoms with E-state index in [-0.39, 0.29) is 0 Å². The SMILES string of the molecule is C[C@@H]1CC[C@H](Nc2cccc(C[S@](C)=O)c2)C[C@H]1C. The standard InChI is InChI=1S/C16H25NOS/c1-12-7-8-16(9-13(12)2)17-15-6-4-5-14(10-15)11-19(3)18/h4-6,10,12-13,16-17H,7-9,11H2,1-3H3/t12-,13-,16+,19+/m1/s1. The summed E-state index contributed by atoms with van der Waals surface area (Å²) in [7, 11) is -0.770. The summed E-state index contributed by atoms with van der Waals surface area (Å²) in [5, 5.41) is 3.65. The third kappa shape index (κ3) is 4.34. The lowest BCUT2D eigenvalue weighted by Gasteiger charge is -2.33. The normalized spacial score (nSPS) is 28.9. The Bertz CT molecular complexity index is 446. The van der Waals surface area contributed by atoms with Crippen molar-refractivity contribution in [2.45, 2.75) is 44.9 Å². The molecule has 1 fully saturated rings. The van der Waals surface area contributed by atoms with Crippen molar-refractivity contribution < 1.29 is 4.21 Å². The van der Waals surface area contributed by atoms with Crippen LogP contribution in [-0.4, -0.2) is 16.5 Å². The minimum atomic E-state index is -0.770. The molecule has 0 spiro atoms. The summed E-state index contributed by atoms with van der Waals surface area (Å²) >= 11 is 0. The largest absolute Gasteiger partial charge is 0.382 e. The molecule has 1 saturated carbocycles. The fourth-order valence-corrected chi connectivity index (χ4v) is 3.55. The Balaban J connectivity index is 1.97. The molecule has 2 nitrogen and oxygen atoms in total. The molecule has 1 N–H and O–H groups in total. The van der Waals surface area contributed by atoms with Crippen LogP contribution in [0.1, 0.15) is 38.7 Å². The van der Waals surface area contributed by atoms with Crippen LogP contribution in [0.5, 0.6) is 0 Å². The number of hydrogen-bond acceptors (Lipinski definition) is 2. The Hall–Kier alpha value is -0.830. The highest BCUT2D eigenvalue weighted by molar-refractivity contribution is 7.83. The third-order valence-corrected chi connectivity index (χ3v) is 5.01.